The van der Waals surface area contributed by atoms with Gasteiger partial charge in [0.05, 0.1) is 11.8 Å². The number of nitrogens with zero attached hydrogens (tertiary/aromatic N) is 3. The van der Waals surface area contributed by atoms with Crippen molar-refractivity contribution in [2.45, 2.75) is 6.54 Å². The average molecular weight is 372 g/mol. The maximum atomic E-state index is 11.4. The molecule has 1 aliphatic heterocycles. The van der Waals surface area contributed by atoms with Gasteiger partial charge in [-0.3, -0.25) is 9.56 Å². The third kappa shape index (κ3) is 3.38. The van der Waals surface area contributed by atoms with Gasteiger partial charge < -0.3 is 15.1 Å². The normalized spacial score (nSPS) is 13.0. The summed E-state index contributed by atoms with van der Waals surface area (Å²) in [5.74, 6) is 0. The van der Waals surface area contributed by atoms with E-state index >= 15 is 0 Å². The van der Waals surface area contributed by atoms with E-state index in [1.54, 1.807) is 12.1 Å². The van der Waals surface area contributed by atoms with Crippen LogP contribution in [0.15, 0.2) is 47.5 Å². The third-order valence-electron chi connectivity index (χ3n) is 3.74. The zero-order chi connectivity index (χ0) is 17.4. The Kier molecular flexibility index (Phi) is 3.97. The molecule has 4 rings (SSSR count). The lowest BCUT2D eigenvalue weighted by Crippen LogP contribution is -2.03. The second-order valence-corrected chi connectivity index (χ2v) is 8.10. The molecule has 2 heterocycles. The first kappa shape index (κ1) is 16.1. The van der Waals surface area contributed by atoms with Crippen molar-refractivity contribution in [3.05, 3.63) is 53.6 Å². The standard InChI is InChI=1S/C16H13N4O3PS/c21-24(22,23)14-3-1-2-10(7-14)15-19-20-16(25-15)18-13-5-4-11-8-17-9-12(11)6-13/h1-7,9H,8H2,(H,18,20)(H2,21,22,23). The van der Waals surface area contributed by atoms with Gasteiger partial charge in [0.1, 0.15) is 5.01 Å². The quantitative estimate of drug-likeness (QED) is 0.608. The Bertz CT molecular complexity index is 1030. The van der Waals surface area contributed by atoms with Crippen molar-refractivity contribution in [3.8, 4) is 10.6 Å². The molecule has 1 aromatic heterocycles. The summed E-state index contributed by atoms with van der Waals surface area (Å²) in [5, 5.41) is 12.6. The van der Waals surface area contributed by atoms with Crippen molar-refractivity contribution in [1.82, 2.24) is 10.2 Å². The Hall–Kier alpha value is -2.38. The number of rotatable bonds is 4. The van der Waals surface area contributed by atoms with E-state index in [1.807, 2.05) is 24.4 Å². The molecule has 0 unspecified atom stereocenters. The number of nitrogens with one attached hydrogen (secondary N) is 1. The lowest BCUT2D eigenvalue weighted by atomic mass is 10.1. The van der Waals surface area contributed by atoms with Gasteiger partial charge in [-0.2, -0.15) is 0 Å². The van der Waals surface area contributed by atoms with Gasteiger partial charge in [0.2, 0.25) is 5.13 Å². The topological polar surface area (TPSA) is 108 Å². The van der Waals surface area contributed by atoms with Gasteiger partial charge in [-0.15, -0.1) is 10.2 Å². The summed E-state index contributed by atoms with van der Waals surface area (Å²) in [4.78, 5) is 22.8. The van der Waals surface area contributed by atoms with Gasteiger partial charge in [-0.05, 0) is 35.4 Å². The molecule has 0 radical (unpaired) electrons. The molecule has 0 fully saturated rings. The molecule has 3 aromatic rings. The van der Waals surface area contributed by atoms with Crippen LogP contribution in [-0.2, 0) is 11.1 Å². The average Bonchev–Trinajstić information content (AvgIpc) is 3.23. The van der Waals surface area contributed by atoms with Crippen LogP contribution in [0.1, 0.15) is 11.1 Å². The predicted octanol–water partition coefficient (Wildman–Crippen LogP) is 2.68. The fourth-order valence-corrected chi connectivity index (χ4v) is 3.86. The van der Waals surface area contributed by atoms with Crippen LogP contribution in [0.2, 0.25) is 0 Å². The lowest BCUT2D eigenvalue weighted by Gasteiger charge is -2.05. The maximum absolute atomic E-state index is 11.4. The Morgan fingerprint density at radius 2 is 2.00 bits per heavy atom. The molecule has 3 N–H and O–H groups in total. The van der Waals surface area contributed by atoms with Gasteiger partial charge >= 0.3 is 7.60 Å². The molecule has 126 valence electrons. The van der Waals surface area contributed by atoms with Crippen molar-refractivity contribution in [3.63, 3.8) is 0 Å². The Morgan fingerprint density at radius 3 is 2.84 bits per heavy atom. The highest BCUT2D eigenvalue weighted by Gasteiger charge is 2.18. The van der Waals surface area contributed by atoms with Gasteiger partial charge in [0.15, 0.2) is 0 Å². The van der Waals surface area contributed by atoms with Crippen molar-refractivity contribution in [2.75, 3.05) is 5.32 Å². The molecular formula is C16H13N4O3PS. The number of hydrogen-bond donors (Lipinski definition) is 3. The third-order valence-corrected chi connectivity index (χ3v) is 5.58. The summed E-state index contributed by atoms with van der Waals surface area (Å²) < 4.78 is 11.4. The lowest BCUT2D eigenvalue weighted by molar-refractivity contribution is 0.387. The highest BCUT2D eigenvalue weighted by Crippen LogP contribution is 2.35. The molecular weight excluding hydrogens is 359 g/mol. The zero-order valence-corrected chi connectivity index (χ0v) is 14.5. The van der Waals surface area contributed by atoms with E-state index in [1.165, 1.54) is 29.0 Å². The van der Waals surface area contributed by atoms with Crippen LogP contribution in [0, 0.1) is 0 Å². The number of anilines is 2. The van der Waals surface area contributed by atoms with E-state index in [4.69, 9.17) is 0 Å². The summed E-state index contributed by atoms with van der Waals surface area (Å²) in [5.41, 5.74) is 3.79. The van der Waals surface area contributed by atoms with Crippen molar-refractivity contribution in [2.24, 2.45) is 4.99 Å². The fourth-order valence-electron chi connectivity index (χ4n) is 2.51. The minimum absolute atomic E-state index is 0.0346. The summed E-state index contributed by atoms with van der Waals surface area (Å²) in [6.45, 7) is 0.717. The van der Waals surface area contributed by atoms with E-state index in [9.17, 15) is 14.4 Å². The summed E-state index contributed by atoms with van der Waals surface area (Å²) in [6.07, 6.45) is 1.85. The molecule has 25 heavy (non-hydrogen) atoms. The van der Waals surface area contributed by atoms with E-state index in [0.29, 0.717) is 22.2 Å². The van der Waals surface area contributed by atoms with E-state index in [0.717, 1.165) is 11.3 Å². The van der Waals surface area contributed by atoms with Crippen LogP contribution in [0.3, 0.4) is 0 Å². The fraction of sp³-hybridized carbons (Fsp3) is 0.0625. The Balaban J connectivity index is 1.58. The number of aliphatic imine (C=N–C) groups is 1. The highest BCUT2D eigenvalue weighted by molar-refractivity contribution is 7.60. The molecule has 0 saturated heterocycles. The van der Waals surface area contributed by atoms with Gasteiger partial charge in [0, 0.05) is 17.5 Å². The highest BCUT2D eigenvalue weighted by atomic mass is 32.1. The smallest absolute Gasteiger partial charge is 0.330 e. The molecule has 0 spiro atoms. The molecule has 0 aliphatic carbocycles. The summed E-state index contributed by atoms with van der Waals surface area (Å²) in [7, 11) is -4.29. The SMILES string of the molecule is O=P(O)(O)c1cccc(-c2nnc(Nc3ccc4c(c3)C=NC4)s2)c1. The first-order valence-corrected chi connectivity index (χ1v) is 9.82. The summed E-state index contributed by atoms with van der Waals surface area (Å²) in [6, 6.07) is 12.2. The van der Waals surface area contributed by atoms with Gasteiger partial charge in [-0.1, -0.05) is 29.5 Å². The Labute approximate surface area is 147 Å². The van der Waals surface area contributed by atoms with Gasteiger partial charge in [-0.25, -0.2) is 0 Å². The predicted molar refractivity (Wildman–Crippen MR) is 98.0 cm³/mol. The second-order valence-electron chi connectivity index (χ2n) is 5.52. The van der Waals surface area contributed by atoms with E-state index < -0.39 is 7.60 Å². The van der Waals surface area contributed by atoms with Crippen LogP contribution < -0.4 is 10.6 Å². The molecule has 0 saturated carbocycles. The first-order chi connectivity index (χ1) is 12.0. The number of fused-ring (bicyclic) bond motifs is 1. The number of hydrogen-bond acceptors (Lipinski definition) is 6. The second kappa shape index (κ2) is 6.16. The molecule has 0 atom stereocenters. The minimum Gasteiger partial charge on any atom is -0.330 e. The van der Waals surface area contributed by atoms with Crippen LogP contribution in [0.4, 0.5) is 10.8 Å². The molecule has 2 aromatic carbocycles. The largest absolute Gasteiger partial charge is 0.356 e. The van der Waals surface area contributed by atoms with Crippen molar-refractivity contribution in [1.29, 1.82) is 0 Å². The van der Waals surface area contributed by atoms with Crippen LogP contribution in [-0.4, -0.2) is 26.2 Å². The van der Waals surface area contributed by atoms with Crippen LogP contribution in [0.25, 0.3) is 10.6 Å². The van der Waals surface area contributed by atoms with E-state index in [2.05, 4.69) is 20.5 Å². The zero-order valence-electron chi connectivity index (χ0n) is 12.8. The molecule has 1 aliphatic rings. The van der Waals surface area contributed by atoms with Gasteiger partial charge in [0.25, 0.3) is 0 Å². The molecule has 9 heteroatoms. The first-order valence-electron chi connectivity index (χ1n) is 7.39. The van der Waals surface area contributed by atoms with Crippen molar-refractivity contribution < 1.29 is 14.4 Å². The monoisotopic (exact) mass is 372 g/mol. The van der Waals surface area contributed by atoms with Crippen molar-refractivity contribution >= 4 is 41.3 Å². The van der Waals surface area contributed by atoms with E-state index in [-0.39, 0.29) is 5.30 Å². The summed E-state index contributed by atoms with van der Waals surface area (Å²) >= 11 is 1.31. The number of aromatic nitrogens is 2. The number of benzene rings is 2. The molecule has 0 bridgehead atoms. The minimum atomic E-state index is -4.29. The van der Waals surface area contributed by atoms with Crippen LogP contribution >= 0.6 is 18.9 Å². The molecule has 0 amide bonds. The van der Waals surface area contributed by atoms with Crippen LogP contribution in [0.5, 0.6) is 0 Å². The maximum Gasteiger partial charge on any atom is 0.356 e. The molecule has 7 nitrogen and oxygen atoms in total. The Morgan fingerprint density at radius 1 is 1.12 bits per heavy atom.